The summed E-state index contributed by atoms with van der Waals surface area (Å²) in [5.41, 5.74) is 4.07. The van der Waals surface area contributed by atoms with Crippen LogP contribution in [0.4, 0.5) is 17.5 Å². The Kier molecular flexibility index (Phi) is 6.39. The molecule has 1 amide bonds. The molecule has 3 aromatic rings. The van der Waals surface area contributed by atoms with E-state index in [0.717, 1.165) is 16.9 Å². The van der Waals surface area contributed by atoms with Gasteiger partial charge in [-0.2, -0.15) is 0 Å². The Balaban J connectivity index is 1.54. The Morgan fingerprint density at radius 3 is 2.41 bits per heavy atom. The minimum atomic E-state index is -0.0818. The van der Waals surface area contributed by atoms with Crippen LogP contribution in [-0.4, -0.2) is 33.9 Å². The van der Waals surface area contributed by atoms with Gasteiger partial charge in [0.05, 0.1) is 0 Å². The molecule has 0 aliphatic heterocycles. The first-order valence-electron chi connectivity index (χ1n) is 9.55. The minimum Gasteiger partial charge on any atom is -0.368 e. The largest absolute Gasteiger partial charge is 0.368 e. The van der Waals surface area contributed by atoms with Crippen molar-refractivity contribution in [3.05, 3.63) is 70.7 Å². The minimum absolute atomic E-state index is 0.0818. The number of benzene rings is 1. The predicted octanol–water partition coefficient (Wildman–Crippen LogP) is 3.69. The number of carbonyl (C=O) groups excluding carboxylic acids is 1. The van der Waals surface area contributed by atoms with E-state index in [1.165, 1.54) is 5.56 Å². The first kappa shape index (κ1) is 20.3. The third kappa shape index (κ3) is 5.75. The molecule has 7 nitrogen and oxygen atoms in total. The highest BCUT2D eigenvalue weighted by atomic mass is 16.1. The zero-order chi connectivity index (χ0) is 20.8. The van der Waals surface area contributed by atoms with Crippen molar-refractivity contribution in [1.82, 2.24) is 20.3 Å². The fourth-order valence-electron chi connectivity index (χ4n) is 2.81. The summed E-state index contributed by atoms with van der Waals surface area (Å²) < 4.78 is 0. The van der Waals surface area contributed by atoms with Crippen molar-refractivity contribution in [3.63, 3.8) is 0 Å². The molecule has 3 rings (SSSR count). The zero-order valence-electron chi connectivity index (χ0n) is 17.2. The van der Waals surface area contributed by atoms with Gasteiger partial charge in [0.25, 0.3) is 5.91 Å². The second-order valence-corrected chi connectivity index (χ2v) is 7.01. The second-order valence-electron chi connectivity index (χ2n) is 7.01. The van der Waals surface area contributed by atoms with Crippen molar-refractivity contribution in [1.29, 1.82) is 0 Å². The molecule has 150 valence electrons. The van der Waals surface area contributed by atoms with E-state index in [2.05, 4.69) is 30.9 Å². The van der Waals surface area contributed by atoms with Crippen LogP contribution in [0.3, 0.4) is 0 Å². The molecule has 0 aliphatic rings. The number of amides is 1. The lowest BCUT2D eigenvalue weighted by atomic mass is 10.1. The van der Waals surface area contributed by atoms with Crippen molar-refractivity contribution in [3.8, 4) is 0 Å². The molecule has 7 heteroatoms. The molecule has 2 heterocycles. The van der Waals surface area contributed by atoms with Crippen LogP contribution in [0.5, 0.6) is 0 Å². The van der Waals surface area contributed by atoms with Gasteiger partial charge in [-0.15, -0.1) is 0 Å². The lowest BCUT2D eigenvalue weighted by Crippen LogP contribution is -2.29. The van der Waals surface area contributed by atoms with E-state index >= 15 is 0 Å². The lowest BCUT2D eigenvalue weighted by molar-refractivity contribution is 0.0955. The zero-order valence-corrected chi connectivity index (χ0v) is 17.2. The number of carbonyl (C=O) groups is 1. The van der Waals surface area contributed by atoms with Crippen LogP contribution < -0.4 is 16.0 Å². The van der Waals surface area contributed by atoms with E-state index in [9.17, 15) is 4.79 Å². The Hall–Kier alpha value is -3.48. The van der Waals surface area contributed by atoms with Crippen LogP contribution in [0.2, 0.25) is 0 Å². The highest BCUT2D eigenvalue weighted by molar-refractivity contribution is 5.94. The van der Waals surface area contributed by atoms with E-state index in [4.69, 9.17) is 0 Å². The number of anilines is 3. The predicted molar refractivity (Wildman–Crippen MR) is 116 cm³/mol. The average molecular weight is 390 g/mol. The van der Waals surface area contributed by atoms with Gasteiger partial charge in [0, 0.05) is 30.9 Å². The number of rotatable bonds is 7. The van der Waals surface area contributed by atoms with Gasteiger partial charge in [0.15, 0.2) is 0 Å². The van der Waals surface area contributed by atoms with E-state index in [1.54, 1.807) is 6.20 Å². The second kappa shape index (κ2) is 9.14. The first-order chi connectivity index (χ1) is 13.9. The highest BCUT2D eigenvalue weighted by Crippen LogP contribution is 2.16. The summed E-state index contributed by atoms with van der Waals surface area (Å²) in [6, 6.07) is 11.4. The van der Waals surface area contributed by atoms with Crippen molar-refractivity contribution >= 4 is 23.4 Å². The van der Waals surface area contributed by atoms with E-state index in [-0.39, 0.29) is 5.91 Å². The summed E-state index contributed by atoms with van der Waals surface area (Å²) in [4.78, 5) is 25.4. The maximum Gasteiger partial charge on any atom is 0.251 e. The van der Waals surface area contributed by atoms with Crippen LogP contribution in [0, 0.1) is 27.7 Å². The summed E-state index contributed by atoms with van der Waals surface area (Å²) in [7, 11) is 0. The number of hydrogen-bond acceptors (Lipinski definition) is 6. The van der Waals surface area contributed by atoms with Crippen LogP contribution in [0.25, 0.3) is 0 Å². The van der Waals surface area contributed by atoms with E-state index in [0.29, 0.717) is 36.1 Å². The number of nitrogens with one attached hydrogen (secondary N) is 3. The first-order valence-corrected chi connectivity index (χ1v) is 9.55. The maximum atomic E-state index is 12.3. The molecule has 0 spiro atoms. The molecule has 29 heavy (non-hydrogen) atoms. The molecule has 0 bridgehead atoms. The molecule has 1 aromatic carbocycles. The molecule has 0 atom stereocenters. The quantitative estimate of drug-likeness (QED) is 0.533. The van der Waals surface area contributed by atoms with E-state index < -0.39 is 0 Å². The lowest BCUT2D eigenvalue weighted by Gasteiger charge is -2.11. The fraction of sp³-hybridized carbons (Fsp3) is 0.273. The monoisotopic (exact) mass is 390 g/mol. The number of nitrogens with zero attached hydrogens (tertiary/aromatic N) is 3. The molecular weight excluding hydrogens is 364 g/mol. The normalized spacial score (nSPS) is 10.5. The molecule has 0 radical (unpaired) electrons. The van der Waals surface area contributed by atoms with Gasteiger partial charge in [0.1, 0.15) is 23.3 Å². The smallest absolute Gasteiger partial charge is 0.251 e. The third-order valence-electron chi connectivity index (χ3n) is 4.50. The molecule has 0 saturated heterocycles. The molecule has 0 saturated carbocycles. The SMILES string of the molecule is Cc1ccnc(Nc2cc(NCCNC(=O)c3ccc(C)c(C)c3)nc(C)n2)c1. The number of aryl methyl sites for hydroxylation is 4. The Morgan fingerprint density at radius 2 is 1.66 bits per heavy atom. The summed E-state index contributed by atoms with van der Waals surface area (Å²) in [5.74, 6) is 2.64. The van der Waals surface area contributed by atoms with Gasteiger partial charge >= 0.3 is 0 Å². The summed E-state index contributed by atoms with van der Waals surface area (Å²) >= 11 is 0. The van der Waals surface area contributed by atoms with Crippen molar-refractivity contribution in [2.24, 2.45) is 0 Å². The summed E-state index contributed by atoms with van der Waals surface area (Å²) in [6.45, 7) is 8.91. The standard InChI is InChI=1S/C22H26N6O/c1-14-7-8-23-19(11-14)28-21-13-20(26-17(4)27-21)24-9-10-25-22(29)18-6-5-15(2)16(3)12-18/h5-8,11-13H,9-10H2,1-4H3,(H,25,29)(H2,23,24,26,27,28). The number of aromatic nitrogens is 3. The van der Waals surface area contributed by atoms with Crippen LogP contribution in [-0.2, 0) is 0 Å². The van der Waals surface area contributed by atoms with Gasteiger partial charge in [-0.25, -0.2) is 15.0 Å². The van der Waals surface area contributed by atoms with Gasteiger partial charge in [-0.1, -0.05) is 6.07 Å². The molecule has 2 aromatic heterocycles. The van der Waals surface area contributed by atoms with Crippen LogP contribution >= 0.6 is 0 Å². The maximum absolute atomic E-state index is 12.3. The number of hydrogen-bond donors (Lipinski definition) is 3. The highest BCUT2D eigenvalue weighted by Gasteiger charge is 2.07. The Labute approximate surface area is 171 Å². The van der Waals surface area contributed by atoms with Gasteiger partial charge < -0.3 is 16.0 Å². The van der Waals surface area contributed by atoms with E-state index in [1.807, 2.05) is 64.1 Å². The van der Waals surface area contributed by atoms with Gasteiger partial charge in [0.2, 0.25) is 0 Å². The molecule has 0 aliphatic carbocycles. The van der Waals surface area contributed by atoms with Gasteiger partial charge in [-0.05, 0) is 68.7 Å². The van der Waals surface area contributed by atoms with Crippen LogP contribution in [0.15, 0.2) is 42.6 Å². The Morgan fingerprint density at radius 1 is 0.862 bits per heavy atom. The summed E-state index contributed by atoms with van der Waals surface area (Å²) in [6.07, 6.45) is 1.75. The van der Waals surface area contributed by atoms with Crippen LogP contribution in [0.1, 0.15) is 32.9 Å². The molecule has 3 N–H and O–H groups in total. The van der Waals surface area contributed by atoms with Gasteiger partial charge in [-0.3, -0.25) is 4.79 Å². The fourth-order valence-corrected chi connectivity index (χ4v) is 2.81. The van der Waals surface area contributed by atoms with Crippen molar-refractivity contribution in [2.45, 2.75) is 27.7 Å². The summed E-state index contributed by atoms with van der Waals surface area (Å²) in [5, 5.41) is 9.34. The average Bonchev–Trinajstić information content (AvgIpc) is 2.67. The molecule has 0 fully saturated rings. The molecular formula is C22H26N6O. The Bertz CT molecular complexity index is 1020. The van der Waals surface area contributed by atoms with Crippen molar-refractivity contribution < 1.29 is 4.79 Å². The number of pyridine rings is 1. The third-order valence-corrected chi connectivity index (χ3v) is 4.50. The van der Waals surface area contributed by atoms with Crippen molar-refractivity contribution in [2.75, 3.05) is 23.7 Å². The topological polar surface area (TPSA) is 91.8 Å². The molecule has 0 unspecified atom stereocenters.